The van der Waals surface area contributed by atoms with Gasteiger partial charge >= 0.3 is 0 Å². The van der Waals surface area contributed by atoms with Gasteiger partial charge < -0.3 is 0 Å². The van der Waals surface area contributed by atoms with Gasteiger partial charge in [-0.1, -0.05) is 37.4 Å². The Bertz CT molecular complexity index is 343. The van der Waals surface area contributed by atoms with Crippen LogP contribution in [-0.2, 0) is 7.05 Å². The van der Waals surface area contributed by atoms with Gasteiger partial charge in [-0.25, -0.2) is 9.67 Å². The van der Waals surface area contributed by atoms with E-state index < -0.39 is 0 Å². The summed E-state index contributed by atoms with van der Waals surface area (Å²) in [4.78, 5) is 4.28. The number of hydrogen-bond donors (Lipinski definition) is 1. The van der Waals surface area contributed by atoms with E-state index in [1.165, 1.54) is 38.5 Å². The van der Waals surface area contributed by atoms with Gasteiger partial charge in [-0.05, 0) is 24.0 Å². The molecule has 1 saturated carbocycles. The fourth-order valence-electron chi connectivity index (χ4n) is 2.46. The summed E-state index contributed by atoms with van der Waals surface area (Å²) in [5, 5.41) is 5.14. The summed E-state index contributed by atoms with van der Waals surface area (Å²) in [5.74, 6) is 2.13. The number of thiol groups is 1. The minimum atomic E-state index is 0.413. The molecule has 0 N–H and O–H groups in total. The summed E-state index contributed by atoms with van der Waals surface area (Å²) < 4.78 is 1.85. The average molecular weight is 271 g/mol. The van der Waals surface area contributed by atoms with Gasteiger partial charge in [-0.15, -0.1) is 0 Å². The molecule has 1 aliphatic carbocycles. The van der Waals surface area contributed by atoms with Crippen molar-refractivity contribution in [3.8, 4) is 0 Å². The third-order valence-corrected chi connectivity index (χ3v) is 5.73. The molecule has 0 spiro atoms. The predicted molar refractivity (Wildman–Crippen MR) is 75.7 cm³/mol. The molecule has 2 rings (SSSR count). The van der Waals surface area contributed by atoms with Gasteiger partial charge in [0.15, 0.2) is 5.16 Å². The monoisotopic (exact) mass is 271 g/mol. The molecule has 3 nitrogen and oxygen atoms in total. The number of aryl methyl sites for hydroxylation is 1. The molecular formula is C12H21N3S2. The van der Waals surface area contributed by atoms with E-state index in [0.717, 1.165) is 16.7 Å². The van der Waals surface area contributed by atoms with Crippen molar-refractivity contribution in [2.75, 3.05) is 11.5 Å². The summed E-state index contributed by atoms with van der Waals surface area (Å²) in [7, 11) is 1.95. The van der Waals surface area contributed by atoms with Crippen LogP contribution in [0.2, 0.25) is 0 Å². The summed E-state index contributed by atoms with van der Waals surface area (Å²) in [5.41, 5.74) is 0.413. The molecule has 1 aliphatic rings. The van der Waals surface area contributed by atoms with Crippen LogP contribution in [0.25, 0.3) is 0 Å². The lowest BCUT2D eigenvalue weighted by Crippen LogP contribution is -2.25. The first-order valence-corrected chi connectivity index (χ1v) is 7.95. The minimum absolute atomic E-state index is 0.413. The van der Waals surface area contributed by atoms with Crippen molar-refractivity contribution in [2.24, 2.45) is 12.5 Å². The molecule has 0 bridgehead atoms. The zero-order valence-corrected chi connectivity index (χ0v) is 12.1. The SMILES string of the molecule is Cn1ncnc1SCC1(CS)CCCCCC1. The van der Waals surface area contributed by atoms with Crippen molar-refractivity contribution in [2.45, 2.75) is 43.7 Å². The van der Waals surface area contributed by atoms with Gasteiger partial charge in [-0.2, -0.15) is 17.7 Å². The van der Waals surface area contributed by atoms with Crippen molar-refractivity contribution in [1.29, 1.82) is 0 Å². The summed E-state index contributed by atoms with van der Waals surface area (Å²) in [6.07, 6.45) is 9.78. The van der Waals surface area contributed by atoms with E-state index in [1.54, 1.807) is 6.33 Å². The Morgan fingerprint density at radius 2 is 2.06 bits per heavy atom. The highest BCUT2D eigenvalue weighted by Crippen LogP contribution is 2.39. The Labute approximate surface area is 113 Å². The highest BCUT2D eigenvalue weighted by atomic mass is 32.2. The van der Waals surface area contributed by atoms with Crippen molar-refractivity contribution in [3.05, 3.63) is 6.33 Å². The van der Waals surface area contributed by atoms with E-state index in [9.17, 15) is 0 Å². The number of thioether (sulfide) groups is 1. The lowest BCUT2D eigenvalue weighted by molar-refractivity contribution is 0.332. The highest BCUT2D eigenvalue weighted by molar-refractivity contribution is 7.99. The molecule has 0 aromatic carbocycles. The Kier molecular flexibility index (Phi) is 4.79. The average Bonchev–Trinajstić information content (AvgIpc) is 2.63. The highest BCUT2D eigenvalue weighted by Gasteiger charge is 2.30. The number of aromatic nitrogens is 3. The Hall–Kier alpha value is -0.160. The maximum Gasteiger partial charge on any atom is 0.185 e. The smallest absolute Gasteiger partial charge is 0.185 e. The van der Waals surface area contributed by atoms with Gasteiger partial charge in [0.2, 0.25) is 0 Å². The van der Waals surface area contributed by atoms with Crippen LogP contribution in [0, 0.1) is 5.41 Å². The molecule has 1 fully saturated rings. The summed E-state index contributed by atoms with van der Waals surface area (Å²) in [6.45, 7) is 0. The first-order valence-electron chi connectivity index (χ1n) is 6.33. The first kappa shape index (κ1) is 13.3. The Morgan fingerprint density at radius 1 is 1.35 bits per heavy atom. The first-order chi connectivity index (χ1) is 8.26. The number of rotatable bonds is 4. The molecule has 0 radical (unpaired) electrons. The largest absolute Gasteiger partial charge is 0.244 e. The molecule has 1 aromatic heterocycles. The van der Waals surface area contributed by atoms with Crippen molar-refractivity contribution < 1.29 is 0 Å². The zero-order valence-electron chi connectivity index (χ0n) is 10.4. The maximum atomic E-state index is 4.60. The van der Waals surface area contributed by atoms with Crippen molar-refractivity contribution >= 4 is 24.4 Å². The fourth-order valence-corrected chi connectivity index (χ4v) is 4.22. The summed E-state index contributed by atoms with van der Waals surface area (Å²) >= 11 is 6.43. The van der Waals surface area contributed by atoms with Crippen LogP contribution < -0.4 is 0 Å². The molecule has 1 aromatic rings. The zero-order chi connectivity index (χ0) is 12.1. The van der Waals surface area contributed by atoms with Gasteiger partial charge in [0, 0.05) is 12.8 Å². The molecule has 0 aliphatic heterocycles. The van der Waals surface area contributed by atoms with E-state index in [1.807, 2.05) is 23.5 Å². The number of nitrogens with zero attached hydrogens (tertiary/aromatic N) is 3. The van der Waals surface area contributed by atoms with Crippen LogP contribution in [0.5, 0.6) is 0 Å². The van der Waals surface area contributed by atoms with E-state index in [-0.39, 0.29) is 0 Å². The van der Waals surface area contributed by atoms with E-state index >= 15 is 0 Å². The molecule has 5 heteroatoms. The molecule has 0 saturated heterocycles. The van der Waals surface area contributed by atoms with Crippen LogP contribution in [-0.4, -0.2) is 26.3 Å². The van der Waals surface area contributed by atoms with Gasteiger partial charge in [0.1, 0.15) is 6.33 Å². The molecule has 0 amide bonds. The van der Waals surface area contributed by atoms with Crippen molar-refractivity contribution in [3.63, 3.8) is 0 Å². The fraction of sp³-hybridized carbons (Fsp3) is 0.833. The predicted octanol–water partition coefficient (Wildman–Crippen LogP) is 3.18. The quantitative estimate of drug-likeness (QED) is 0.518. The van der Waals surface area contributed by atoms with E-state index in [0.29, 0.717) is 5.41 Å². The lowest BCUT2D eigenvalue weighted by Gasteiger charge is -2.30. The van der Waals surface area contributed by atoms with E-state index in [2.05, 4.69) is 22.7 Å². The Morgan fingerprint density at radius 3 is 2.59 bits per heavy atom. The van der Waals surface area contributed by atoms with Crippen LogP contribution in [0.3, 0.4) is 0 Å². The Balaban J connectivity index is 1.96. The topological polar surface area (TPSA) is 30.7 Å². The molecular weight excluding hydrogens is 250 g/mol. The normalized spacial score (nSPS) is 20.1. The van der Waals surface area contributed by atoms with Crippen LogP contribution in [0.1, 0.15) is 38.5 Å². The van der Waals surface area contributed by atoms with Crippen molar-refractivity contribution in [1.82, 2.24) is 14.8 Å². The second kappa shape index (κ2) is 6.14. The number of hydrogen-bond acceptors (Lipinski definition) is 4. The van der Waals surface area contributed by atoms with Crippen LogP contribution >= 0.6 is 24.4 Å². The standard InChI is InChI=1S/C12H21N3S2/c1-15-11(13-10-14-15)17-9-12(8-16)6-4-2-3-5-7-12/h10,16H,2-9H2,1H3. The molecule has 17 heavy (non-hydrogen) atoms. The molecule has 0 unspecified atom stereocenters. The minimum Gasteiger partial charge on any atom is -0.244 e. The second-order valence-electron chi connectivity index (χ2n) is 5.03. The third-order valence-electron chi connectivity index (χ3n) is 3.68. The van der Waals surface area contributed by atoms with Gasteiger partial charge in [-0.3, -0.25) is 0 Å². The van der Waals surface area contributed by atoms with E-state index in [4.69, 9.17) is 0 Å². The van der Waals surface area contributed by atoms with Gasteiger partial charge in [0.25, 0.3) is 0 Å². The molecule has 96 valence electrons. The summed E-state index contributed by atoms with van der Waals surface area (Å²) in [6, 6.07) is 0. The van der Waals surface area contributed by atoms with Crippen LogP contribution in [0.15, 0.2) is 11.5 Å². The third kappa shape index (κ3) is 3.41. The molecule has 1 heterocycles. The van der Waals surface area contributed by atoms with Gasteiger partial charge in [0.05, 0.1) is 0 Å². The second-order valence-corrected chi connectivity index (χ2v) is 6.29. The lowest BCUT2D eigenvalue weighted by atomic mass is 9.84. The maximum absolute atomic E-state index is 4.60. The molecule has 0 atom stereocenters. The van der Waals surface area contributed by atoms with Crippen LogP contribution in [0.4, 0.5) is 0 Å².